The highest BCUT2D eigenvalue weighted by atomic mass is 32.2. The first-order valence-electron chi connectivity index (χ1n) is 5.04. The van der Waals surface area contributed by atoms with Crippen LogP contribution in [0.4, 0.5) is 0 Å². The van der Waals surface area contributed by atoms with Crippen LogP contribution < -0.4 is 0 Å². The number of benzene rings is 1. The van der Waals surface area contributed by atoms with Gasteiger partial charge < -0.3 is 0 Å². The van der Waals surface area contributed by atoms with E-state index < -0.39 is 0 Å². The predicted molar refractivity (Wildman–Crippen MR) is 66.6 cm³/mol. The number of hydrogen-bond donors (Lipinski definition) is 0. The monoisotopic (exact) mass is 220 g/mol. The minimum atomic E-state index is 0.117. The van der Waals surface area contributed by atoms with Crippen LogP contribution in [0.3, 0.4) is 0 Å². The molecule has 1 rings (SSSR count). The van der Waals surface area contributed by atoms with E-state index in [9.17, 15) is 4.79 Å². The van der Waals surface area contributed by atoms with Crippen molar-refractivity contribution >= 4 is 17.5 Å². The third-order valence-electron chi connectivity index (χ3n) is 2.18. The van der Waals surface area contributed by atoms with Gasteiger partial charge in [-0.2, -0.15) is 0 Å². The summed E-state index contributed by atoms with van der Waals surface area (Å²) in [5, 5.41) is 0. The number of thioether (sulfide) groups is 1. The van der Waals surface area contributed by atoms with Gasteiger partial charge in [-0.25, -0.2) is 0 Å². The molecule has 15 heavy (non-hydrogen) atoms. The van der Waals surface area contributed by atoms with Gasteiger partial charge in [-0.15, -0.1) is 11.8 Å². The SMILES string of the molecule is C=C(CC)CSc1cccc(C(C)=O)c1. The lowest BCUT2D eigenvalue weighted by Crippen LogP contribution is -1.91. The molecule has 0 N–H and O–H groups in total. The lowest BCUT2D eigenvalue weighted by molar-refractivity contribution is 0.101. The molecule has 0 spiro atoms. The van der Waals surface area contributed by atoms with Crippen LogP contribution in [0.15, 0.2) is 41.3 Å². The number of rotatable bonds is 5. The van der Waals surface area contributed by atoms with E-state index in [1.165, 1.54) is 5.57 Å². The highest BCUT2D eigenvalue weighted by Crippen LogP contribution is 2.22. The van der Waals surface area contributed by atoms with Crippen LogP contribution in [0.5, 0.6) is 0 Å². The Kier molecular flexibility index (Phi) is 4.63. The first kappa shape index (κ1) is 12.1. The van der Waals surface area contributed by atoms with Gasteiger partial charge in [0.1, 0.15) is 0 Å². The average Bonchev–Trinajstić information content (AvgIpc) is 2.26. The van der Waals surface area contributed by atoms with E-state index in [0.717, 1.165) is 22.6 Å². The van der Waals surface area contributed by atoms with Crippen molar-refractivity contribution in [3.05, 3.63) is 42.0 Å². The molecule has 0 aliphatic rings. The lowest BCUT2D eigenvalue weighted by Gasteiger charge is -2.04. The molecule has 1 aromatic carbocycles. The topological polar surface area (TPSA) is 17.1 Å². The Balaban J connectivity index is 2.66. The van der Waals surface area contributed by atoms with E-state index >= 15 is 0 Å². The second kappa shape index (κ2) is 5.76. The smallest absolute Gasteiger partial charge is 0.159 e. The van der Waals surface area contributed by atoms with Crippen molar-refractivity contribution in [3.8, 4) is 0 Å². The fourth-order valence-electron chi connectivity index (χ4n) is 1.09. The second-order valence-electron chi connectivity index (χ2n) is 3.48. The summed E-state index contributed by atoms with van der Waals surface area (Å²) in [5.41, 5.74) is 2.01. The zero-order chi connectivity index (χ0) is 11.3. The summed E-state index contributed by atoms with van der Waals surface area (Å²) in [6, 6.07) is 7.74. The Hall–Kier alpha value is -1.02. The number of ketones is 1. The van der Waals surface area contributed by atoms with Gasteiger partial charge in [-0.05, 0) is 25.5 Å². The molecular weight excluding hydrogens is 204 g/mol. The largest absolute Gasteiger partial charge is 0.295 e. The lowest BCUT2D eigenvalue weighted by atomic mass is 10.2. The standard InChI is InChI=1S/C13H16OS/c1-4-10(2)9-15-13-7-5-6-12(8-13)11(3)14/h5-8H,2,4,9H2,1,3H3. The number of hydrogen-bond acceptors (Lipinski definition) is 2. The molecule has 0 atom stereocenters. The minimum absolute atomic E-state index is 0.117. The quantitative estimate of drug-likeness (QED) is 0.424. The molecule has 2 heteroatoms. The zero-order valence-electron chi connectivity index (χ0n) is 9.25. The Morgan fingerprint density at radius 3 is 2.80 bits per heavy atom. The molecule has 0 saturated carbocycles. The van der Waals surface area contributed by atoms with E-state index in [1.807, 2.05) is 24.3 Å². The van der Waals surface area contributed by atoms with Crippen molar-refractivity contribution in [1.29, 1.82) is 0 Å². The van der Waals surface area contributed by atoms with E-state index in [0.29, 0.717) is 0 Å². The molecular formula is C13H16OS. The summed E-state index contributed by atoms with van der Waals surface area (Å²) >= 11 is 1.73. The molecule has 0 aromatic heterocycles. The van der Waals surface area contributed by atoms with E-state index in [-0.39, 0.29) is 5.78 Å². The number of carbonyl (C=O) groups excluding carboxylic acids is 1. The summed E-state index contributed by atoms with van der Waals surface area (Å²) < 4.78 is 0. The molecule has 0 amide bonds. The van der Waals surface area contributed by atoms with Crippen LogP contribution in [0.25, 0.3) is 0 Å². The maximum atomic E-state index is 11.2. The number of carbonyl (C=O) groups is 1. The van der Waals surface area contributed by atoms with Crippen molar-refractivity contribution in [2.24, 2.45) is 0 Å². The molecule has 0 unspecified atom stereocenters. The molecule has 0 aliphatic heterocycles. The van der Waals surface area contributed by atoms with Crippen LogP contribution in [0.2, 0.25) is 0 Å². The van der Waals surface area contributed by atoms with Gasteiger partial charge in [0.05, 0.1) is 0 Å². The van der Waals surface area contributed by atoms with Gasteiger partial charge >= 0.3 is 0 Å². The summed E-state index contributed by atoms with van der Waals surface area (Å²) in [5.74, 6) is 1.05. The summed E-state index contributed by atoms with van der Waals surface area (Å²) in [4.78, 5) is 12.3. The maximum absolute atomic E-state index is 11.2. The third kappa shape index (κ3) is 3.92. The van der Waals surface area contributed by atoms with Gasteiger partial charge in [-0.3, -0.25) is 4.79 Å². The van der Waals surface area contributed by atoms with Gasteiger partial charge in [0.15, 0.2) is 5.78 Å². The van der Waals surface area contributed by atoms with Gasteiger partial charge in [0, 0.05) is 16.2 Å². The predicted octanol–water partition coefficient (Wildman–Crippen LogP) is 3.95. The minimum Gasteiger partial charge on any atom is -0.295 e. The normalized spacial score (nSPS) is 10.0. The first-order valence-corrected chi connectivity index (χ1v) is 6.02. The molecule has 80 valence electrons. The number of Topliss-reactive ketones (excluding diaryl/α,β-unsaturated/α-hetero) is 1. The highest BCUT2D eigenvalue weighted by Gasteiger charge is 2.01. The molecule has 0 aliphatic carbocycles. The van der Waals surface area contributed by atoms with Crippen molar-refractivity contribution in [1.82, 2.24) is 0 Å². The fourth-order valence-corrected chi connectivity index (χ4v) is 2.05. The Bertz CT molecular complexity index is 369. The van der Waals surface area contributed by atoms with Crippen molar-refractivity contribution in [2.75, 3.05) is 5.75 Å². The molecule has 1 aromatic rings. The van der Waals surface area contributed by atoms with Crippen molar-refractivity contribution in [3.63, 3.8) is 0 Å². The molecule has 1 nitrogen and oxygen atoms in total. The van der Waals surface area contributed by atoms with Crippen LogP contribution in [-0.4, -0.2) is 11.5 Å². The Labute approximate surface area is 95.6 Å². The molecule has 0 saturated heterocycles. The van der Waals surface area contributed by atoms with E-state index in [1.54, 1.807) is 18.7 Å². The molecule has 0 fully saturated rings. The maximum Gasteiger partial charge on any atom is 0.159 e. The summed E-state index contributed by atoms with van der Waals surface area (Å²) in [6.07, 6.45) is 1.01. The summed E-state index contributed by atoms with van der Waals surface area (Å²) in [6.45, 7) is 7.66. The third-order valence-corrected chi connectivity index (χ3v) is 3.32. The van der Waals surface area contributed by atoms with Crippen LogP contribution >= 0.6 is 11.8 Å². The van der Waals surface area contributed by atoms with Crippen LogP contribution in [0, 0.1) is 0 Å². The van der Waals surface area contributed by atoms with Crippen molar-refractivity contribution < 1.29 is 4.79 Å². The fraction of sp³-hybridized carbons (Fsp3) is 0.308. The Morgan fingerprint density at radius 1 is 1.47 bits per heavy atom. The highest BCUT2D eigenvalue weighted by molar-refractivity contribution is 7.99. The van der Waals surface area contributed by atoms with Crippen LogP contribution in [-0.2, 0) is 0 Å². The summed E-state index contributed by atoms with van der Waals surface area (Å²) in [7, 11) is 0. The van der Waals surface area contributed by atoms with Crippen LogP contribution in [0.1, 0.15) is 30.6 Å². The van der Waals surface area contributed by atoms with Gasteiger partial charge in [-0.1, -0.05) is 31.2 Å². The molecule has 0 heterocycles. The average molecular weight is 220 g/mol. The first-order chi connectivity index (χ1) is 7.13. The van der Waals surface area contributed by atoms with Gasteiger partial charge in [0.2, 0.25) is 0 Å². The van der Waals surface area contributed by atoms with E-state index in [2.05, 4.69) is 13.5 Å². The zero-order valence-corrected chi connectivity index (χ0v) is 10.1. The van der Waals surface area contributed by atoms with Gasteiger partial charge in [0.25, 0.3) is 0 Å². The molecule has 0 radical (unpaired) electrons. The van der Waals surface area contributed by atoms with Crippen molar-refractivity contribution in [2.45, 2.75) is 25.2 Å². The van der Waals surface area contributed by atoms with E-state index in [4.69, 9.17) is 0 Å². The molecule has 0 bridgehead atoms. The second-order valence-corrected chi connectivity index (χ2v) is 4.53. The Morgan fingerprint density at radius 2 is 2.20 bits per heavy atom.